The Hall–Kier alpha value is -0.810. The van der Waals surface area contributed by atoms with Crippen LogP contribution in [0.2, 0.25) is 0 Å². The minimum atomic E-state index is -0.774. The van der Waals surface area contributed by atoms with Crippen LogP contribution in [0.25, 0.3) is 0 Å². The van der Waals surface area contributed by atoms with Gasteiger partial charge in [0.2, 0.25) is 0 Å². The van der Waals surface area contributed by atoms with Gasteiger partial charge < -0.3 is 19.3 Å². The number of carbonyl (C=O) groups excluding carboxylic acids is 1. The van der Waals surface area contributed by atoms with Crippen LogP contribution in [0.5, 0.6) is 0 Å². The normalized spacial score (nSPS) is 14.4. The second kappa shape index (κ2) is 8.49. The summed E-state index contributed by atoms with van der Waals surface area (Å²) in [6.45, 7) is 5.80. The van der Waals surface area contributed by atoms with E-state index in [2.05, 4.69) is 4.74 Å². The van der Waals surface area contributed by atoms with E-state index in [0.717, 1.165) is 6.42 Å². The molecule has 0 fully saturated rings. The van der Waals surface area contributed by atoms with Crippen molar-refractivity contribution < 1.29 is 24.1 Å². The van der Waals surface area contributed by atoms with Crippen LogP contribution in [-0.4, -0.2) is 43.3 Å². The minimum absolute atomic E-state index is 0.0439. The molecule has 0 heterocycles. The molecule has 0 aliphatic carbocycles. The second-order valence-electron chi connectivity index (χ2n) is 3.30. The van der Waals surface area contributed by atoms with E-state index in [1.165, 1.54) is 0 Å². The Morgan fingerprint density at radius 2 is 2.00 bits per heavy atom. The molecule has 5 heteroatoms. The molecule has 0 amide bonds. The first kappa shape index (κ1) is 14.2. The number of rotatable bonds is 7. The molecule has 0 aromatic heterocycles. The lowest BCUT2D eigenvalue weighted by atomic mass is 10.3. The molecule has 2 atom stereocenters. The zero-order chi connectivity index (χ0) is 11.7. The second-order valence-corrected chi connectivity index (χ2v) is 3.30. The molecule has 15 heavy (non-hydrogen) atoms. The molecular weight excluding hydrogens is 200 g/mol. The Balaban J connectivity index is 3.54. The summed E-state index contributed by atoms with van der Waals surface area (Å²) >= 11 is 0. The Labute approximate surface area is 90.3 Å². The van der Waals surface area contributed by atoms with Crippen molar-refractivity contribution in [2.24, 2.45) is 0 Å². The third kappa shape index (κ3) is 8.20. The fourth-order valence-corrected chi connectivity index (χ4v) is 0.779. The van der Waals surface area contributed by atoms with Gasteiger partial charge in [0.15, 0.2) is 0 Å². The van der Waals surface area contributed by atoms with Gasteiger partial charge in [-0.2, -0.15) is 0 Å². The first-order chi connectivity index (χ1) is 7.10. The molecule has 0 saturated heterocycles. The number of hydrogen-bond donors (Lipinski definition) is 1. The molecule has 1 N–H and O–H groups in total. The molecule has 0 radical (unpaired) electrons. The number of carbonyl (C=O) groups is 1. The Morgan fingerprint density at radius 1 is 1.33 bits per heavy atom. The van der Waals surface area contributed by atoms with Gasteiger partial charge in [-0.1, -0.05) is 6.92 Å². The monoisotopic (exact) mass is 220 g/mol. The lowest BCUT2D eigenvalue weighted by molar-refractivity contribution is -0.0313. The van der Waals surface area contributed by atoms with E-state index in [1.807, 2.05) is 13.8 Å². The molecule has 0 bridgehead atoms. The van der Waals surface area contributed by atoms with Crippen LogP contribution in [0, 0.1) is 0 Å². The van der Waals surface area contributed by atoms with Crippen molar-refractivity contribution in [3.05, 3.63) is 0 Å². The highest BCUT2D eigenvalue weighted by molar-refractivity contribution is 5.60. The molecular formula is C10H20O5. The van der Waals surface area contributed by atoms with Crippen molar-refractivity contribution in [2.75, 3.05) is 19.8 Å². The summed E-state index contributed by atoms with van der Waals surface area (Å²) in [5.41, 5.74) is 0. The van der Waals surface area contributed by atoms with E-state index >= 15 is 0 Å². The van der Waals surface area contributed by atoms with Crippen molar-refractivity contribution in [1.82, 2.24) is 0 Å². The molecule has 0 aliphatic rings. The summed E-state index contributed by atoms with van der Waals surface area (Å²) in [6.07, 6.45) is -0.0409. The van der Waals surface area contributed by atoms with E-state index in [9.17, 15) is 4.79 Å². The molecule has 0 saturated carbocycles. The van der Waals surface area contributed by atoms with E-state index < -0.39 is 6.16 Å². The SMILES string of the molecule is CCC(C)OCC(C)OC(=O)OCCO. The maximum Gasteiger partial charge on any atom is 0.508 e. The average Bonchev–Trinajstić information content (AvgIpc) is 2.22. The molecule has 0 aromatic rings. The van der Waals surface area contributed by atoms with Gasteiger partial charge in [-0.25, -0.2) is 4.79 Å². The van der Waals surface area contributed by atoms with Gasteiger partial charge >= 0.3 is 6.16 Å². The van der Waals surface area contributed by atoms with Gasteiger partial charge in [0, 0.05) is 0 Å². The summed E-state index contributed by atoms with van der Waals surface area (Å²) in [5.74, 6) is 0. The Morgan fingerprint density at radius 3 is 2.53 bits per heavy atom. The van der Waals surface area contributed by atoms with Crippen LogP contribution in [0.3, 0.4) is 0 Å². The van der Waals surface area contributed by atoms with Crippen molar-refractivity contribution in [1.29, 1.82) is 0 Å². The number of aliphatic hydroxyl groups excluding tert-OH is 1. The molecule has 5 nitrogen and oxygen atoms in total. The van der Waals surface area contributed by atoms with Gasteiger partial charge in [0.25, 0.3) is 0 Å². The predicted octanol–water partition coefficient (Wildman–Crippen LogP) is 1.34. The van der Waals surface area contributed by atoms with Crippen LogP contribution in [0.15, 0.2) is 0 Å². The van der Waals surface area contributed by atoms with Crippen molar-refractivity contribution >= 4 is 6.16 Å². The van der Waals surface area contributed by atoms with E-state index in [0.29, 0.717) is 6.61 Å². The summed E-state index contributed by atoms with van der Waals surface area (Å²) < 4.78 is 14.8. The van der Waals surface area contributed by atoms with E-state index in [-0.39, 0.29) is 25.4 Å². The zero-order valence-corrected chi connectivity index (χ0v) is 9.56. The van der Waals surface area contributed by atoms with Crippen LogP contribution < -0.4 is 0 Å². The fraction of sp³-hybridized carbons (Fsp3) is 0.900. The van der Waals surface area contributed by atoms with Crippen LogP contribution in [-0.2, 0) is 14.2 Å². The smallest absolute Gasteiger partial charge is 0.432 e. The van der Waals surface area contributed by atoms with Crippen molar-refractivity contribution in [3.63, 3.8) is 0 Å². The molecule has 0 aromatic carbocycles. The Bertz CT molecular complexity index is 171. The molecule has 0 spiro atoms. The quantitative estimate of drug-likeness (QED) is 0.656. The number of aliphatic hydroxyl groups is 1. The lowest BCUT2D eigenvalue weighted by Crippen LogP contribution is -2.24. The summed E-state index contributed by atoms with van der Waals surface area (Å²) in [6, 6.07) is 0. The third-order valence-corrected chi connectivity index (χ3v) is 1.80. The molecule has 90 valence electrons. The third-order valence-electron chi connectivity index (χ3n) is 1.80. The number of ether oxygens (including phenoxy) is 3. The molecule has 0 aliphatic heterocycles. The van der Waals surface area contributed by atoms with Crippen LogP contribution in [0.4, 0.5) is 4.79 Å². The molecule has 0 rings (SSSR count). The lowest BCUT2D eigenvalue weighted by Gasteiger charge is -2.16. The predicted molar refractivity (Wildman–Crippen MR) is 54.7 cm³/mol. The molecule has 2 unspecified atom stereocenters. The first-order valence-corrected chi connectivity index (χ1v) is 5.16. The van der Waals surface area contributed by atoms with Gasteiger partial charge in [-0.05, 0) is 20.3 Å². The highest BCUT2D eigenvalue weighted by Gasteiger charge is 2.11. The van der Waals surface area contributed by atoms with E-state index in [4.69, 9.17) is 14.6 Å². The Kier molecular flexibility index (Phi) is 8.04. The maximum atomic E-state index is 10.9. The van der Waals surface area contributed by atoms with Crippen molar-refractivity contribution in [3.8, 4) is 0 Å². The highest BCUT2D eigenvalue weighted by atomic mass is 16.7. The summed E-state index contributed by atoms with van der Waals surface area (Å²) in [4.78, 5) is 10.9. The first-order valence-electron chi connectivity index (χ1n) is 5.16. The topological polar surface area (TPSA) is 65.0 Å². The number of hydrogen-bond acceptors (Lipinski definition) is 5. The minimum Gasteiger partial charge on any atom is -0.432 e. The summed E-state index contributed by atoms with van der Waals surface area (Å²) in [5, 5.41) is 8.40. The standard InChI is InChI=1S/C10H20O5/c1-4-8(2)14-7-9(3)15-10(12)13-6-5-11/h8-9,11H,4-7H2,1-3H3. The fourth-order valence-electron chi connectivity index (χ4n) is 0.779. The van der Waals surface area contributed by atoms with Gasteiger partial charge in [0.05, 0.1) is 19.3 Å². The maximum absolute atomic E-state index is 10.9. The largest absolute Gasteiger partial charge is 0.508 e. The highest BCUT2D eigenvalue weighted by Crippen LogP contribution is 2.00. The van der Waals surface area contributed by atoms with Gasteiger partial charge in [-0.15, -0.1) is 0 Å². The average molecular weight is 220 g/mol. The van der Waals surface area contributed by atoms with E-state index in [1.54, 1.807) is 6.92 Å². The summed E-state index contributed by atoms with van der Waals surface area (Å²) in [7, 11) is 0. The van der Waals surface area contributed by atoms with Gasteiger partial charge in [0.1, 0.15) is 12.7 Å². The van der Waals surface area contributed by atoms with Crippen LogP contribution in [0.1, 0.15) is 27.2 Å². The van der Waals surface area contributed by atoms with Crippen molar-refractivity contribution in [2.45, 2.75) is 39.4 Å². The zero-order valence-electron chi connectivity index (χ0n) is 9.56. The van der Waals surface area contributed by atoms with Crippen LogP contribution >= 0.6 is 0 Å². The van der Waals surface area contributed by atoms with Gasteiger partial charge in [-0.3, -0.25) is 0 Å².